The molecule has 1 N–H and O–H groups in total. The smallest absolute Gasteiger partial charge is 0.323 e. The Hall–Kier alpha value is -1.84. The number of carbonyl (C=O) groups excluding carboxylic acids is 1. The second-order valence-electron chi connectivity index (χ2n) is 4.70. The van der Waals surface area contributed by atoms with E-state index in [-0.39, 0.29) is 13.0 Å². The third-order valence-corrected chi connectivity index (χ3v) is 3.18. The lowest BCUT2D eigenvalue weighted by atomic mass is 9.84. The fraction of sp³-hybridized carbons (Fsp3) is 0.467. The van der Waals surface area contributed by atoms with E-state index in [0.717, 1.165) is 12.0 Å². The molecule has 1 rings (SSSR count). The van der Waals surface area contributed by atoms with Gasteiger partial charge in [-0.25, -0.2) is 0 Å². The number of carbonyl (C=O) groups is 2. The number of ether oxygens (including phenoxy) is 1. The Morgan fingerprint density at radius 2 is 1.89 bits per heavy atom. The second kappa shape index (κ2) is 6.92. The third-order valence-electron chi connectivity index (χ3n) is 3.18. The van der Waals surface area contributed by atoms with Crippen molar-refractivity contribution in [1.29, 1.82) is 0 Å². The highest BCUT2D eigenvalue weighted by Crippen LogP contribution is 2.26. The zero-order valence-electron chi connectivity index (χ0n) is 11.4. The van der Waals surface area contributed by atoms with Crippen molar-refractivity contribution in [2.45, 2.75) is 33.1 Å². The number of esters is 1. The predicted octanol–water partition coefficient (Wildman–Crippen LogP) is 2.66. The molecule has 0 fully saturated rings. The molecule has 0 aliphatic heterocycles. The number of carboxylic acid groups (broad SMARTS) is 1. The van der Waals surface area contributed by atoms with Crippen molar-refractivity contribution in [2.24, 2.45) is 5.41 Å². The van der Waals surface area contributed by atoms with E-state index in [9.17, 15) is 14.7 Å². The average molecular weight is 264 g/mol. The lowest BCUT2D eigenvalue weighted by Gasteiger charge is -2.22. The number of aliphatic carboxylic acids is 1. The van der Waals surface area contributed by atoms with E-state index < -0.39 is 17.4 Å². The van der Waals surface area contributed by atoms with Crippen molar-refractivity contribution in [3.63, 3.8) is 0 Å². The van der Waals surface area contributed by atoms with E-state index in [4.69, 9.17) is 4.74 Å². The zero-order chi connectivity index (χ0) is 14.3. The van der Waals surface area contributed by atoms with Crippen LogP contribution in [0.4, 0.5) is 0 Å². The Morgan fingerprint density at radius 3 is 2.42 bits per heavy atom. The molecule has 0 saturated carbocycles. The molecule has 0 aliphatic rings. The van der Waals surface area contributed by atoms with Crippen molar-refractivity contribution in [3.05, 3.63) is 35.9 Å². The van der Waals surface area contributed by atoms with Gasteiger partial charge in [-0.2, -0.15) is 0 Å². The second-order valence-corrected chi connectivity index (χ2v) is 4.70. The minimum absolute atomic E-state index is 0.195. The van der Waals surface area contributed by atoms with Gasteiger partial charge in [0.05, 0.1) is 6.61 Å². The molecule has 0 amide bonds. The first-order valence-corrected chi connectivity index (χ1v) is 6.45. The molecule has 4 heteroatoms. The normalized spacial score (nSPS) is 13.6. The van der Waals surface area contributed by atoms with Crippen LogP contribution in [0.3, 0.4) is 0 Å². The molecule has 0 saturated heterocycles. The van der Waals surface area contributed by atoms with Gasteiger partial charge in [-0.15, -0.1) is 0 Å². The summed E-state index contributed by atoms with van der Waals surface area (Å²) < 4.78 is 4.85. The Labute approximate surface area is 113 Å². The van der Waals surface area contributed by atoms with Crippen molar-refractivity contribution < 1.29 is 19.4 Å². The fourth-order valence-corrected chi connectivity index (χ4v) is 1.88. The number of carboxylic acids is 1. The molecule has 1 aromatic rings. The lowest BCUT2D eigenvalue weighted by molar-refractivity contribution is -0.167. The van der Waals surface area contributed by atoms with Gasteiger partial charge in [0.15, 0.2) is 5.41 Å². The maximum Gasteiger partial charge on any atom is 0.323 e. The van der Waals surface area contributed by atoms with Gasteiger partial charge in [-0.05, 0) is 38.7 Å². The number of rotatable bonds is 7. The highest BCUT2D eigenvalue weighted by Gasteiger charge is 2.42. The standard InChI is InChI=1S/C15H20O4/c1-3-19-14(18)15(2,13(16)17)11-7-10-12-8-5-4-6-9-12/h4-6,8-9H,3,7,10-11H2,1-2H3,(H,16,17). The summed E-state index contributed by atoms with van der Waals surface area (Å²) in [6.07, 6.45) is 1.66. The summed E-state index contributed by atoms with van der Waals surface area (Å²) in [4.78, 5) is 23.0. The van der Waals surface area contributed by atoms with Crippen LogP contribution in [0.25, 0.3) is 0 Å². The fourth-order valence-electron chi connectivity index (χ4n) is 1.88. The Morgan fingerprint density at radius 1 is 1.26 bits per heavy atom. The van der Waals surface area contributed by atoms with Crippen LogP contribution in [0.1, 0.15) is 32.3 Å². The van der Waals surface area contributed by atoms with Gasteiger partial charge in [0.1, 0.15) is 0 Å². The number of aryl methyl sites for hydroxylation is 1. The molecular formula is C15H20O4. The van der Waals surface area contributed by atoms with Crippen LogP contribution in [0.15, 0.2) is 30.3 Å². The summed E-state index contributed by atoms with van der Waals surface area (Å²) in [6, 6.07) is 9.79. The predicted molar refractivity (Wildman–Crippen MR) is 71.8 cm³/mol. The molecule has 104 valence electrons. The van der Waals surface area contributed by atoms with Gasteiger partial charge >= 0.3 is 11.9 Å². The molecule has 0 spiro atoms. The van der Waals surface area contributed by atoms with E-state index in [1.165, 1.54) is 6.92 Å². The Balaban J connectivity index is 2.60. The van der Waals surface area contributed by atoms with Gasteiger partial charge in [-0.1, -0.05) is 30.3 Å². The Bertz CT molecular complexity index is 427. The van der Waals surface area contributed by atoms with Crippen LogP contribution in [0, 0.1) is 5.41 Å². The first-order valence-electron chi connectivity index (χ1n) is 6.45. The van der Waals surface area contributed by atoms with E-state index in [2.05, 4.69) is 0 Å². The summed E-state index contributed by atoms with van der Waals surface area (Å²) in [5.74, 6) is -1.78. The van der Waals surface area contributed by atoms with E-state index >= 15 is 0 Å². The van der Waals surface area contributed by atoms with Gasteiger partial charge in [-0.3, -0.25) is 9.59 Å². The molecule has 19 heavy (non-hydrogen) atoms. The Kier molecular flexibility index (Phi) is 5.55. The van der Waals surface area contributed by atoms with Crippen LogP contribution < -0.4 is 0 Å². The number of benzene rings is 1. The van der Waals surface area contributed by atoms with E-state index in [0.29, 0.717) is 6.42 Å². The lowest BCUT2D eigenvalue weighted by Crippen LogP contribution is -2.38. The third kappa shape index (κ3) is 4.09. The molecule has 0 bridgehead atoms. The topological polar surface area (TPSA) is 63.6 Å². The molecule has 0 heterocycles. The maximum atomic E-state index is 11.7. The van der Waals surface area contributed by atoms with E-state index in [1.54, 1.807) is 6.92 Å². The first kappa shape index (κ1) is 15.2. The van der Waals surface area contributed by atoms with Crippen LogP contribution in [0.5, 0.6) is 0 Å². The number of hydrogen-bond donors (Lipinski definition) is 1. The first-order chi connectivity index (χ1) is 9.00. The van der Waals surface area contributed by atoms with Gasteiger partial charge in [0.25, 0.3) is 0 Å². The zero-order valence-corrected chi connectivity index (χ0v) is 11.4. The van der Waals surface area contributed by atoms with Crippen LogP contribution in [0.2, 0.25) is 0 Å². The molecule has 0 aliphatic carbocycles. The molecule has 0 aromatic heterocycles. The highest BCUT2D eigenvalue weighted by atomic mass is 16.5. The molecule has 0 radical (unpaired) electrons. The molecule has 1 aromatic carbocycles. The summed E-state index contributed by atoms with van der Waals surface area (Å²) in [6.45, 7) is 3.29. The molecular weight excluding hydrogens is 244 g/mol. The summed E-state index contributed by atoms with van der Waals surface area (Å²) >= 11 is 0. The van der Waals surface area contributed by atoms with Crippen LogP contribution >= 0.6 is 0 Å². The number of hydrogen-bond acceptors (Lipinski definition) is 3. The SMILES string of the molecule is CCOC(=O)C(C)(CCCc1ccccc1)C(=O)O. The largest absolute Gasteiger partial charge is 0.480 e. The van der Waals surface area contributed by atoms with Crippen molar-refractivity contribution >= 4 is 11.9 Å². The molecule has 1 unspecified atom stereocenters. The van der Waals surface area contributed by atoms with Gasteiger partial charge in [0.2, 0.25) is 0 Å². The van der Waals surface area contributed by atoms with Crippen LogP contribution in [-0.4, -0.2) is 23.7 Å². The van der Waals surface area contributed by atoms with Gasteiger partial charge < -0.3 is 9.84 Å². The minimum atomic E-state index is -1.45. The monoisotopic (exact) mass is 264 g/mol. The van der Waals surface area contributed by atoms with Crippen LogP contribution in [-0.2, 0) is 20.7 Å². The molecule has 4 nitrogen and oxygen atoms in total. The summed E-state index contributed by atoms with van der Waals surface area (Å²) in [7, 11) is 0. The quantitative estimate of drug-likeness (QED) is 0.607. The van der Waals surface area contributed by atoms with E-state index in [1.807, 2.05) is 30.3 Å². The van der Waals surface area contributed by atoms with Crippen molar-refractivity contribution in [2.75, 3.05) is 6.61 Å². The average Bonchev–Trinajstić information content (AvgIpc) is 2.39. The summed E-state index contributed by atoms with van der Waals surface area (Å²) in [5.41, 5.74) is -0.316. The minimum Gasteiger partial charge on any atom is -0.480 e. The maximum absolute atomic E-state index is 11.7. The summed E-state index contributed by atoms with van der Waals surface area (Å²) in [5, 5.41) is 9.23. The van der Waals surface area contributed by atoms with Crippen molar-refractivity contribution in [3.8, 4) is 0 Å². The molecule has 1 atom stereocenters. The highest BCUT2D eigenvalue weighted by molar-refractivity contribution is 5.98. The van der Waals surface area contributed by atoms with Gasteiger partial charge in [0, 0.05) is 0 Å². The van der Waals surface area contributed by atoms with Crippen molar-refractivity contribution in [1.82, 2.24) is 0 Å².